The molecule has 26 heavy (non-hydrogen) atoms. The molecule has 4 atom stereocenters. The third-order valence-corrected chi connectivity index (χ3v) is 6.11. The highest BCUT2D eigenvalue weighted by Crippen LogP contribution is 2.32. The van der Waals surface area contributed by atoms with Gasteiger partial charge in [-0.1, -0.05) is 0 Å². The van der Waals surface area contributed by atoms with Crippen molar-refractivity contribution in [2.24, 2.45) is 4.99 Å². The van der Waals surface area contributed by atoms with Crippen LogP contribution in [0.1, 0.15) is 54.4 Å². The van der Waals surface area contributed by atoms with Crippen molar-refractivity contribution in [3.63, 3.8) is 0 Å². The summed E-state index contributed by atoms with van der Waals surface area (Å²) < 4.78 is 0. The van der Waals surface area contributed by atoms with Crippen LogP contribution in [0.25, 0.3) is 0 Å². The highest BCUT2D eigenvalue weighted by atomic mass is 16.4. The third-order valence-electron chi connectivity index (χ3n) is 6.11. The van der Waals surface area contributed by atoms with Crippen molar-refractivity contribution in [3.8, 4) is 0 Å². The zero-order valence-corrected chi connectivity index (χ0v) is 14.7. The average molecular weight is 352 g/mol. The number of aromatic nitrogens is 2. The molecule has 0 amide bonds. The number of nitrogens with zero attached hydrogens (tertiary/aromatic N) is 1. The van der Waals surface area contributed by atoms with Gasteiger partial charge in [0.2, 0.25) is 0 Å². The normalized spacial score (nSPS) is 30.5. The van der Waals surface area contributed by atoms with Gasteiger partial charge in [-0.25, -0.2) is 0 Å². The number of nitrogens with one attached hydrogen (secondary N) is 3. The van der Waals surface area contributed by atoms with Crippen LogP contribution in [-0.2, 0) is 17.6 Å². The molecule has 3 aliphatic heterocycles. The Hall–Kier alpha value is -2.34. The summed E-state index contributed by atoms with van der Waals surface area (Å²) in [5.74, 6) is -1.30. The smallest absolute Gasteiger partial charge is 0.314 e. The molecule has 1 saturated heterocycles. The summed E-state index contributed by atoms with van der Waals surface area (Å²) in [5, 5.41) is 13.5. The van der Waals surface area contributed by atoms with Gasteiger partial charge < -0.3 is 20.4 Å². The van der Waals surface area contributed by atoms with Gasteiger partial charge in [-0.15, -0.1) is 0 Å². The Bertz CT molecular complexity index is 865. The van der Waals surface area contributed by atoms with Crippen molar-refractivity contribution in [1.29, 1.82) is 0 Å². The summed E-state index contributed by atoms with van der Waals surface area (Å²) in [6.07, 6.45) is 5.63. The maximum absolute atomic E-state index is 12.0. The van der Waals surface area contributed by atoms with Crippen LogP contribution in [0.15, 0.2) is 29.3 Å². The van der Waals surface area contributed by atoms with E-state index in [-0.39, 0.29) is 18.1 Å². The number of rotatable bonds is 1. The molecule has 0 spiro atoms. The van der Waals surface area contributed by atoms with Gasteiger partial charge in [-0.05, 0) is 49.9 Å². The van der Waals surface area contributed by atoms with Gasteiger partial charge >= 0.3 is 5.97 Å². The first-order valence-corrected chi connectivity index (χ1v) is 9.54. The molecular formula is C20H24N4O2. The minimum atomic E-state index is -0.765. The van der Waals surface area contributed by atoms with E-state index >= 15 is 0 Å². The van der Waals surface area contributed by atoms with Crippen molar-refractivity contribution in [1.82, 2.24) is 15.3 Å². The number of aliphatic carboxylic acids is 1. The highest BCUT2D eigenvalue weighted by molar-refractivity contribution is 5.88. The molecule has 0 aliphatic carbocycles. The molecule has 4 N–H and O–H groups in total. The largest absolute Gasteiger partial charge is 0.481 e. The monoisotopic (exact) mass is 352 g/mol. The Balaban J connectivity index is 1.53. The molecule has 6 nitrogen and oxygen atoms in total. The average Bonchev–Trinajstić information content (AvgIpc) is 3.36. The number of fused-ring (bicyclic) bond motifs is 8. The van der Waals surface area contributed by atoms with E-state index in [4.69, 9.17) is 4.99 Å². The van der Waals surface area contributed by atoms with Crippen LogP contribution in [0.4, 0.5) is 0 Å². The van der Waals surface area contributed by atoms with E-state index in [9.17, 15) is 9.90 Å². The number of carbonyl (C=O) groups is 1. The lowest BCUT2D eigenvalue weighted by Crippen LogP contribution is -2.41. The summed E-state index contributed by atoms with van der Waals surface area (Å²) in [7, 11) is 0. The van der Waals surface area contributed by atoms with Gasteiger partial charge in [-0.2, -0.15) is 0 Å². The molecular weight excluding hydrogens is 328 g/mol. The predicted octanol–water partition coefficient (Wildman–Crippen LogP) is 2.38. The molecule has 0 aromatic carbocycles. The van der Waals surface area contributed by atoms with Gasteiger partial charge in [0.25, 0.3) is 0 Å². The van der Waals surface area contributed by atoms with Crippen molar-refractivity contribution in [3.05, 3.63) is 47.0 Å². The fourth-order valence-corrected chi connectivity index (χ4v) is 4.86. The number of hydrogen-bond acceptors (Lipinski definition) is 3. The molecule has 8 bridgehead atoms. The lowest BCUT2D eigenvalue weighted by molar-refractivity contribution is -0.139. The fraction of sp³-hybridized carbons (Fsp3) is 0.500. The van der Waals surface area contributed by atoms with Crippen LogP contribution in [-0.4, -0.2) is 44.9 Å². The topological polar surface area (TPSA) is 93.3 Å². The van der Waals surface area contributed by atoms with Crippen molar-refractivity contribution in [2.45, 2.75) is 62.6 Å². The van der Waals surface area contributed by atoms with Gasteiger partial charge in [-0.3, -0.25) is 9.79 Å². The molecule has 1 fully saturated rings. The number of carboxylic acid groups (broad SMARTS) is 1. The lowest BCUT2D eigenvalue weighted by Gasteiger charge is -2.22. The first-order chi connectivity index (χ1) is 12.7. The summed E-state index contributed by atoms with van der Waals surface area (Å²) in [4.78, 5) is 23.8. The van der Waals surface area contributed by atoms with Gasteiger partial charge in [0.05, 0.1) is 6.04 Å². The molecule has 0 saturated carbocycles. The maximum atomic E-state index is 12.0. The van der Waals surface area contributed by atoms with E-state index in [1.54, 1.807) is 0 Å². The van der Waals surface area contributed by atoms with E-state index in [2.05, 4.69) is 27.4 Å². The van der Waals surface area contributed by atoms with E-state index in [0.717, 1.165) is 55.6 Å². The zero-order valence-electron chi connectivity index (χ0n) is 14.7. The lowest BCUT2D eigenvalue weighted by atomic mass is 9.95. The van der Waals surface area contributed by atoms with E-state index < -0.39 is 11.9 Å². The Morgan fingerprint density at radius 3 is 2.54 bits per heavy atom. The van der Waals surface area contributed by atoms with Gasteiger partial charge in [0, 0.05) is 53.4 Å². The standard InChI is InChI=1S/C20H24N4O2/c25-20(26)19-17-6-4-14(23-17)10-12-2-1-11(21-12)9-13-3-5-15(22-13)16-7-8-18(19)24-16/h1-2,4,6,15-16,18-19,21,23-24H,3,5,7-10H2,(H,25,26). The Morgan fingerprint density at radius 1 is 0.962 bits per heavy atom. The van der Waals surface area contributed by atoms with E-state index in [0.29, 0.717) is 0 Å². The molecule has 6 heteroatoms. The van der Waals surface area contributed by atoms with Crippen LogP contribution in [0.2, 0.25) is 0 Å². The minimum Gasteiger partial charge on any atom is -0.481 e. The van der Waals surface area contributed by atoms with Gasteiger partial charge in [0.1, 0.15) is 5.92 Å². The second kappa shape index (κ2) is 6.13. The molecule has 5 heterocycles. The molecule has 2 aromatic rings. The van der Waals surface area contributed by atoms with Gasteiger partial charge in [0.15, 0.2) is 0 Å². The number of aromatic amines is 2. The predicted molar refractivity (Wildman–Crippen MR) is 98.9 cm³/mol. The van der Waals surface area contributed by atoms with Crippen LogP contribution >= 0.6 is 0 Å². The van der Waals surface area contributed by atoms with Crippen LogP contribution in [0.3, 0.4) is 0 Å². The van der Waals surface area contributed by atoms with Crippen LogP contribution in [0.5, 0.6) is 0 Å². The second-order valence-electron chi connectivity index (χ2n) is 7.88. The summed E-state index contributed by atoms with van der Waals surface area (Å²) >= 11 is 0. The summed E-state index contributed by atoms with van der Waals surface area (Å²) in [6, 6.07) is 8.74. The molecule has 4 unspecified atom stereocenters. The first kappa shape index (κ1) is 15.9. The molecule has 5 rings (SSSR count). The van der Waals surface area contributed by atoms with E-state index in [1.165, 1.54) is 11.4 Å². The minimum absolute atomic E-state index is 0.0371. The molecule has 3 aliphatic rings. The quantitative estimate of drug-likeness (QED) is 0.635. The molecule has 0 radical (unpaired) electrons. The number of carboxylic acids is 1. The highest BCUT2D eigenvalue weighted by Gasteiger charge is 2.39. The Kier molecular flexibility index (Phi) is 3.74. The third kappa shape index (κ3) is 2.78. The fourth-order valence-electron chi connectivity index (χ4n) is 4.86. The number of aliphatic imine (C=N–C) groups is 1. The number of hydrogen-bond donors (Lipinski definition) is 4. The number of H-pyrrole nitrogens is 2. The second-order valence-corrected chi connectivity index (χ2v) is 7.88. The summed E-state index contributed by atoms with van der Waals surface area (Å²) in [6.45, 7) is 0. The SMILES string of the molecule is O=C(O)C1c2ccc([nH]2)Cc2ccc([nH]2)CC2=NC(CC2)C2CCC1N2. The molecule has 136 valence electrons. The van der Waals surface area contributed by atoms with Crippen LogP contribution in [0, 0.1) is 0 Å². The zero-order chi connectivity index (χ0) is 17.7. The molecule has 2 aromatic heterocycles. The Labute approximate surface area is 152 Å². The van der Waals surface area contributed by atoms with E-state index in [1.807, 2.05) is 12.1 Å². The van der Waals surface area contributed by atoms with Crippen LogP contribution < -0.4 is 5.32 Å². The van der Waals surface area contributed by atoms with Crippen molar-refractivity contribution < 1.29 is 9.90 Å². The first-order valence-electron chi connectivity index (χ1n) is 9.54. The summed E-state index contributed by atoms with van der Waals surface area (Å²) in [5.41, 5.74) is 5.46. The maximum Gasteiger partial charge on any atom is 0.314 e. The van der Waals surface area contributed by atoms with Crippen molar-refractivity contribution in [2.75, 3.05) is 0 Å². The Morgan fingerprint density at radius 2 is 1.69 bits per heavy atom. The van der Waals surface area contributed by atoms with Crippen molar-refractivity contribution >= 4 is 11.7 Å².